The minimum absolute atomic E-state index is 0.212. The zero-order valence-corrected chi connectivity index (χ0v) is 15.7. The summed E-state index contributed by atoms with van der Waals surface area (Å²) >= 11 is 0. The van der Waals surface area contributed by atoms with E-state index < -0.39 is 12.0 Å². The molecule has 0 saturated heterocycles. The van der Waals surface area contributed by atoms with Gasteiger partial charge in [-0.25, -0.2) is 0 Å². The van der Waals surface area contributed by atoms with Crippen molar-refractivity contribution in [3.05, 3.63) is 48.0 Å². The molecular formula is C21H28N2O3. The first-order valence-corrected chi connectivity index (χ1v) is 8.99. The Morgan fingerprint density at radius 1 is 1.12 bits per heavy atom. The van der Waals surface area contributed by atoms with Crippen LogP contribution >= 0.6 is 0 Å². The maximum absolute atomic E-state index is 12.1. The molecule has 5 heteroatoms. The first-order valence-electron chi connectivity index (χ1n) is 8.99. The normalized spacial score (nSPS) is 13.4. The van der Waals surface area contributed by atoms with E-state index in [-0.39, 0.29) is 18.4 Å². The molecule has 140 valence electrons. The summed E-state index contributed by atoms with van der Waals surface area (Å²) in [4.78, 5) is 24.3. The summed E-state index contributed by atoms with van der Waals surface area (Å²) in [5.74, 6) is -0.678. The third kappa shape index (κ3) is 5.56. The van der Waals surface area contributed by atoms with Crippen LogP contribution in [-0.4, -0.2) is 31.6 Å². The van der Waals surface area contributed by atoms with Gasteiger partial charge >= 0.3 is 5.97 Å². The van der Waals surface area contributed by atoms with Gasteiger partial charge in [-0.2, -0.15) is 0 Å². The van der Waals surface area contributed by atoms with Gasteiger partial charge in [-0.3, -0.25) is 9.59 Å². The topological polar surface area (TPSA) is 81.4 Å². The molecule has 0 aliphatic carbocycles. The lowest BCUT2D eigenvalue weighted by molar-refractivity contribution is -0.145. The van der Waals surface area contributed by atoms with Gasteiger partial charge in [0.15, 0.2) is 0 Å². The molecule has 26 heavy (non-hydrogen) atoms. The quantitative estimate of drug-likeness (QED) is 0.713. The van der Waals surface area contributed by atoms with E-state index in [1.165, 1.54) is 7.11 Å². The van der Waals surface area contributed by atoms with Gasteiger partial charge < -0.3 is 15.8 Å². The van der Waals surface area contributed by atoms with E-state index >= 15 is 0 Å². The second-order valence-corrected chi connectivity index (χ2v) is 7.09. The number of methoxy groups -OCH3 is 1. The minimum atomic E-state index is -0.561. The third-order valence-electron chi connectivity index (χ3n) is 4.42. The number of hydrogen-bond acceptors (Lipinski definition) is 4. The van der Waals surface area contributed by atoms with Crippen molar-refractivity contribution < 1.29 is 14.3 Å². The average Bonchev–Trinajstić information content (AvgIpc) is 2.63. The Bertz CT molecular complexity index is 758. The molecule has 2 aromatic carbocycles. The molecule has 2 rings (SSSR count). The van der Waals surface area contributed by atoms with Gasteiger partial charge in [0.05, 0.1) is 19.1 Å². The lowest BCUT2D eigenvalue weighted by atomic mass is 9.96. The number of fused-ring (bicyclic) bond motifs is 1. The number of benzene rings is 2. The fourth-order valence-corrected chi connectivity index (χ4v) is 3.03. The molecule has 0 heterocycles. The molecule has 0 bridgehead atoms. The molecule has 2 atom stereocenters. The van der Waals surface area contributed by atoms with E-state index in [0.717, 1.165) is 16.3 Å². The summed E-state index contributed by atoms with van der Waals surface area (Å²) in [6.07, 6.45) is 1.11. The number of rotatable bonds is 8. The number of nitrogens with one attached hydrogen (secondary N) is 1. The molecule has 0 aliphatic heterocycles. The summed E-state index contributed by atoms with van der Waals surface area (Å²) in [7, 11) is 1.36. The minimum Gasteiger partial charge on any atom is -0.469 e. The van der Waals surface area contributed by atoms with E-state index in [4.69, 9.17) is 10.5 Å². The second-order valence-electron chi connectivity index (χ2n) is 7.09. The van der Waals surface area contributed by atoms with Gasteiger partial charge in [0, 0.05) is 6.54 Å². The fourth-order valence-electron chi connectivity index (χ4n) is 3.03. The van der Waals surface area contributed by atoms with E-state index in [9.17, 15) is 9.59 Å². The van der Waals surface area contributed by atoms with Crippen LogP contribution in [0.4, 0.5) is 0 Å². The van der Waals surface area contributed by atoms with Crippen molar-refractivity contribution in [1.29, 1.82) is 0 Å². The van der Waals surface area contributed by atoms with Gasteiger partial charge in [0.2, 0.25) is 5.91 Å². The van der Waals surface area contributed by atoms with Gasteiger partial charge in [-0.15, -0.1) is 0 Å². The zero-order valence-electron chi connectivity index (χ0n) is 15.7. The second kappa shape index (κ2) is 9.34. The summed E-state index contributed by atoms with van der Waals surface area (Å²) in [5.41, 5.74) is 6.93. The van der Waals surface area contributed by atoms with Crippen molar-refractivity contribution in [3.63, 3.8) is 0 Å². The first kappa shape index (κ1) is 19.9. The number of esters is 1. The monoisotopic (exact) mass is 356 g/mol. The number of amides is 1. The Morgan fingerprint density at radius 2 is 1.81 bits per heavy atom. The molecule has 0 radical (unpaired) electrons. The van der Waals surface area contributed by atoms with E-state index in [1.54, 1.807) is 0 Å². The molecule has 3 N–H and O–H groups in total. The summed E-state index contributed by atoms with van der Waals surface area (Å²) < 4.78 is 4.91. The number of carbonyl (C=O) groups excluding carboxylic acids is 2. The van der Waals surface area contributed by atoms with Crippen molar-refractivity contribution in [2.45, 2.75) is 32.7 Å². The van der Waals surface area contributed by atoms with Crippen LogP contribution in [0.1, 0.15) is 25.8 Å². The molecule has 1 unspecified atom stereocenters. The number of ether oxygens (including phenoxy) is 1. The predicted octanol–water partition coefficient (Wildman–Crippen LogP) is 2.66. The first-order chi connectivity index (χ1) is 12.4. The SMILES string of the molecule is COC(=O)C(CNC(=O)[C@@H](N)CC(C)C)Cc1ccc2ccccc2c1. The molecule has 5 nitrogen and oxygen atoms in total. The molecular weight excluding hydrogens is 328 g/mol. The van der Waals surface area contributed by atoms with Crippen LogP contribution in [0.3, 0.4) is 0 Å². The van der Waals surface area contributed by atoms with Crippen LogP contribution in [0.15, 0.2) is 42.5 Å². The molecule has 0 saturated carbocycles. The number of carbonyl (C=O) groups is 2. The molecule has 2 aromatic rings. The largest absolute Gasteiger partial charge is 0.469 e. The Hall–Kier alpha value is -2.40. The van der Waals surface area contributed by atoms with Crippen LogP contribution in [0, 0.1) is 11.8 Å². The summed E-state index contributed by atoms with van der Waals surface area (Å²) in [5, 5.41) is 5.07. The Balaban J connectivity index is 2.04. The number of nitrogens with two attached hydrogens (primary N) is 1. The van der Waals surface area contributed by atoms with Crippen molar-refractivity contribution in [3.8, 4) is 0 Å². The predicted molar refractivity (Wildman–Crippen MR) is 104 cm³/mol. The molecule has 0 fully saturated rings. The Morgan fingerprint density at radius 3 is 2.46 bits per heavy atom. The third-order valence-corrected chi connectivity index (χ3v) is 4.42. The number of hydrogen-bond donors (Lipinski definition) is 2. The van der Waals surface area contributed by atoms with Crippen molar-refractivity contribution in [2.75, 3.05) is 13.7 Å². The highest BCUT2D eigenvalue weighted by atomic mass is 16.5. The highest BCUT2D eigenvalue weighted by molar-refractivity contribution is 5.84. The Labute approximate surface area is 154 Å². The summed E-state index contributed by atoms with van der Waals surface area (Å²) in [6, 6.07) is 13.6. The van der Waals surface area contributed by atoms with E-state index in [0.29, 0.717) is 18.8 Å². The van der Waals surface area contributed by atoms with Crippen LogP contribution < -0.4 is 11.1 Å². The standard InChI is InChI=1S/C21H28N2O3/c1-14(2)10-19(22)20(24)23-13-18(21(25)26-3)12-15-8-9-16-6-4-5-7-17(16)11-15/h4-9,11,14,18-19H,10,12-13,22H2,1-3H3,(H,23,24)/t18?,19-/m0/s1. The molecule has 1 amide bonds. The van der Waals surface area contributed by atoms with E-state index in [2.05, 4.69) is 11.4 Å². The highest BCUT2D eigenvalue weighted by Gasteiger charge is 2.22. The van der Waals surface area contributed by atoms with Crippen LogP contribution in [0.2, 0.25) is 0 Å². The molecule has 0 spiro atoms. The van der Waals surface area contributed by atoms with Crippen LogP contribution in [0.5, 0.6) is 0 Å². The van der Waals surface area contributed by atoms with Crippen LogP contribution in [0.25, 0.3) is 10.8 Å². The average molecular weight is 356 g/mol. The van der Waals surface area contributed by atoms with Crippen LogP contribution in [-0.2, 0) is 20.7 Å². The smallest absolute Gasteiger partial charge is 0.310 e. The fraction of sp³-hybridized carbons (Fsp3) is 0.429. The highest BCUT2D eigenvalue weighted by Crippen LogP contribution is 2.18. The van der Waals surface area contributed by atoms with Gasteiger partial charge in [-0.05, 0) is 35.1 Å². The maximum Gasteiger partial charge on any atom is 0.310 e. The lowest BCUT2D eigenvalue weighted by Gasteiger charge is -2.18. The van der Waals surface area contributed by atoms with Gasteiger partial charge in [0.1, 0.15) is 0 Å². The van der Waals surface area contributed by atoms with E-state index in [1.807, 2.05) is 50.2 Å². The molecule has 0 aliphatic rings. The Kier molecular flexibility index (Phi) is 7.16. The maximum atomic E-state index is 12.1. The molecule has 0 aromatic heterocycles. The van der Waals surface area contributed by atoms with Crippen molar-refractivity contribution in [2.24, 2.45) is 17.6 Å². The van der Waals surface area contributed by atoms with Crippen molar-refractivity contribution in [1.82, 2.24) is 5.32 Å². The summed E-state index contributed by atoms with van der Waals surface area (Å²) in [6.45, 7) is 4.25. The van der Waals surface area contributed by atoms with Gasteiger partial charge in [0.25, 0.3) is 0 Å². The zero-order chi connectivity index (χ0) is 19.1. The van der Waals surface area contributed by atoms with Crippen molar-refractivity contribution >= 4 is 22.6 Å². The van der Waals surface area contributed by atoms with Gasteiger partial charge in [-0.1, -0.05) is 56.3 Å². The lowest BCUT2D eigenvalue weighted by Crippen LogP contribution is -2.44.